The van der Waals surface area contributed by atoms with Crippen LogP contribution < -0.4 is 5.32 Å². The predicted molar refractivity (Wildman–Crippen MR) is 108 cm³/mol. The Balaban J connectivity index is 1.82. The van der Waals surface area contributed by atoms with Crippen molar-refractivity contribution in [3.8, 4) is 0 Å². The quantitative estimate of drug-likeness (QED) is 0.876. The molecule has 1 aliphatic heterocycles. The maximum absolute atomic E-state index is 13.0. The molecule has 0 radical (unpaired) electrons. The fourth-order valence-corrected chi connectivity index (χ4v) is 3.65. The summed E-state index contributed by atoms with van der Waals surface area (Å²) in [5.74, 6) is 0.0272. The van der Waals surface area contributed by atoms with Crippen molar-refractivity contribution in [2.24, 2.45) is 5.92 Å². The van der Waals surface area contributed by atoms with Crippen molar-refractivity contribution < 1.29 is 9.59 Å². The standard InChI is InChI=1S/C23H28N2O2/c1-3-17(2)24-22(26)21-14-20(18-10-6-4-7-11-18)15-25(16-21)23(27)19-12-8-5-9-13-19/h4-13,17,20-21H,3,14-16H2,1-2H3,(H,24,26)/t17-,20-,21+/m0/s1. The summed E-state index contributed by atoms with van der Waals surface area (Å²) in [6.07, 6.45) is 1.66. The highest BCUT2D eigenvalue weighted by molar-refractivity contribution is 5.94. The van der Waals surface area contributed by atoms with E-state index in [4.69, 9.17) is 0 Å². The molecule has 1 fully saturated rings. The van der Waals surface area contributed by atoms with Crippen LogP contribution in [0.15, 0.2) is 60.7 Å². The number of nitrogens with one attached hydrogen (secondary N) is 1. The van der Waals surface area contributed by atoms with Gasteiger partial charge in [0.05, 0.1) is 5.92 Å². The summed E-state index contributed by atoms with van der Waals surface area (Å²) in [5.41, 5.74) is 1.86. The van der Waals surface area contributed by atoms with Gasteiger partial charge in [-0.3, -0.25) is 9.59 Å². The van der Waals surface area contributed by atoms with Gasteiger partial charge in [0.2, 0.25) is 5.91 Å². The van der Waals surface area contributed by atoms with Crippen LogP contribution in [0.5, 0.6) is 0 Å². The second-order valence-electron chi connectivity index (χ2n) is 7.43. The first kappa shape index (κ1) is 19.2. The average molecular weight is 364 g/mol. The van der Waals surface area contributed by atoms with Crippen LogP contribution in [0.1, 0.15) is 48.5 Å². The van der Waals surface area contributed by atoms with Gasteiger partial charge in [-0.2, -0.15) is 0 Å². The van der Waals surface area contributed by atoms with E-state index in [0.29, 0.717) is 18.7 Å². The Hall–Kier alpha value is -2.62. The summed E-state index contributed by atoms with van der Waals surface area (Å²) in [5, 5.41) is 3.09. The molecule has 3 rings (SSSR count). The third-order valence-corrected chi connectivity index (χ3v) is 5.40. The summed E-state index contributed by atoms with van der Waals surface area (Å²) in [6, 6.07) is 19.7. The van der Waals surface area contributed by atoms with Crippen LogP contribution in [0.25, 0.3) is 0 Å². The molecular weight excluding hydrogens is 336 g/mol. The Morgan fingerprint density at radius 3 is 2.30 bits per heavy atom. The molecule has 0 bridgehead atoms. The molecule has 0 aliphatic carbocycles. The topological polar surface area (TPSA) is 49.4 Å². The molecular formula is C23H28N2O2. The third-order valence-electron chi connectivity index (χ3n) is 5.40. The van der Waals surface area contributed by atoms with Gasteiger partial charge in [-0.15, -0.1) is 0 Å². The molecule has 0 aromatic heterocycles. The van der Waals surface area contributed by atoms with Crippen LogP contribution in [0.3, 0.4) is 0 Å². The first-order valence-corrected chi connectivity index (χ1v) is 9.78. The molecule has 4 nitrogen and oxygen atoms in total. The summed E-state index contributed by atoms with van der Waals surface area (Å²) in [4.78, 5) is 27.7. The zero-order chi connectivity index (χ0) is 19.2. The average Bonchev–Trinajstić information content (AvgIpc) is 2.74. The van der Waals surface area contributed by atoms with Gasteiger partial charge < -0.3 is 10.2 Å². The van der Waals surface area contributed by atoms with Crippen molar-refractivity contribution >= 4 is 11.8 Å². The maximum Gasteiger partial charge on any atom is 0.253 e. The lowest BCUT2D eigenvalue weighted by atomic mass is 9.83. The molecule has 0 saturated carbocycles. The Kier molecular flexibility index (Phi) is 6.28. The zero-order valence-electron chi connectivity index (χ0n) is 16.1. The molecule has 3 atom stereocenters. The summed E-state index contributed by atoms with van der Waals surface area (Å²) in [7, 11) is 0. The Labute approximate surface area is 161 Å². The highest BCUT2D eigenvalue weighted by Crippen LogP contribution is 2.31. The molecule has 142 valence electrons. The van der Waals surface area contributed by atoms with Crippen molar-refractivity contribution in [3.63, 3.8) is 0 Å². The van der Waals surface area contributed by atoms with Crippen molar-refractivity contribution in [2.75, 3.05) is 13.1 Å². The van der Waals surface area contributed by atoms with Crippen LogP contribution in [-0.4, -0.2) is 35.8 Å². The normalized spacial score (nSPS) is 20.7. The predicted octanol–water partition coefficient (Wildman–Crippen LogP) is 3.85. The minimum absolute atomic E-state index is 0.00225. The lowest BCUT2D eigenvalue weighted by molar-refractivity contribution is -0.127. The number of nitrogens with zero attached hydrogens (tertiary/aromatic N) is 1. The Bertz CT molecular complexity index is 760. The minimum Gasteiger partial charge on any atom is -0.353 e. The number of rotatable bonds is 5. The lowest BCUT2D eigenvalue weighted by Gasteiger charge is -2.38. The van der Waals surface area contributed by atoms with Gasteiger partial charge in [-0.1, -0.05) is 55.5 Å². The minimum atomic E-state index is -0.189. The fourth-order valence-electron chi connectivity index (χ4n) is 3.65. The van der Waals surface area contributed by atoms with E-state index in [1.165, 1.54) is 5.56 Å². The van der Waals surface area contributed by atoms with Crippen LogP contribution in [0.2, 0.25) is 0 Å². The van der Waals surface area contributed by atoms with Gasteiger partial charge >= 0.3 is 0 Å². The number of likely N-dealkylation sites (tertiary alicyclic amines) is 1. The van der Waals surface area contributed by atoms with E-state index in [-0.39, 0.29) is 29.7 Å². The van der Waals surface area contributed by atoms with Crippen LogP contribution in [0.4, 0.5) is 0 Å². The molecule has 0 spiro atoms. The molecule has 1 N–H and O–H groups in total. The number of benzene rings is 2. The summed E-state index contributed by atoms with van der Waals surface area (Å²) in [6.45, 7) is 5.19. The van der Waals surface area contributed by atoms with Gasteiger partial charge in [0.25, 0.3) is 5.91 Å². The monoisotopic (exact) mass is 364 g/mol. The lowest BCUT2D eigenvalue weighted by Crippen LogP contribution is -2.49. The van der Waals surface area contributed by atoms with Crippen molar-refractivity contribution in [1.29, 1.82) is 0 Å². The largest absolute Gasteiger partial charge is 0.353 e. The Morgan fingerprint density at radius 1 is 1.04 bits per heavy atom. The first-order valence-electron chi connectivity index (χ1n) is 9.78. The van der Waals surface area contributed by atoms with Crippen molar-refractivity contribution in [3.05, 3.63) is 71.8 Å². The number of hydrogen-bond acceptors (Lipinski definition) is 2. The number of hydrogen-bond donors (Lipinski definition) is 1. The molecule has 1 saturated heterocycles. The van der Waals surface area contributed by atoms with Crippen LogP contribution in [0, 0.1) is 5.92 Å². The van der Waals surface area contributed by atoms with Crippen molar-refractivity contribution in [1.82, 2.24) is 10.2 Å². The second kappa shape index (κ2) is 8.85. The van der Waals surface area contributed by atoms with Gasteiger partial charge in [-0.25, -0.2) is 0 Å². The van der Waals surface area contributed by atoms with Crippen LogP contribution >= 0.6 is 0 Å². The van der Waals surface area contributed by atoms with Gasteiger partial charge in [-0.05, 0) is 37.5 Å². The molecule has 0 unspecified atom stereocenters. The summed E-state index contributed by atoms with van der Waals surface area (Å²) >= 11 is 0. The first-order chi connectivity index (χ1) is 13.1. The second-order valence-corrected chi connectivity index (χ2v) is 7.43. The van der Waals surface area contributed by atoms with E-state index in [1.54, 1.807) is 0 Å². The molecule has 4 heteroatoms. The number of amides is 2. The Morgan fingerprint density at radius 2 is 1.67 bits per heavy atom. The highest BCUT2D eigenvalue weighted by atomic mass is 16.2. The highest BCUT2D eigenvalue weighted by Gasteiger charge is 2.35. The van der Waals surface area contributed by atoms with E-state index in [2.05, 4.69) is 24.4 Å². The van der Waals surface area contributed by atoms with E-state index < -0.39 is 0 Å². The maximum atomic E-state index is 13.0. The number of piperidine rings is 1. The van der Waals surface area contributed by atoms with E-state index >= 15 is 0 Å². The summed E-state index contributed by atoms with van der Waals surface area (Å²) < 4.78 is 0. The van der Waals surface area contributed by atoms with Gasteiger partial charge in [0, 0.05) is 30.6 Å². The van der Waals surface area contributed by atoms with Gasteiger partial charge in [0.1, 0.15) is 0 Å². The van der Waals surface area contributed by atoms with E-state index in [0.717, 1.165) is 12.8 Å². The molecule has 2 amide bonds. The molecule has 2 aromatic rings. The third kappa shape index (κ3) is 4.76. The van der Waals surface area contributed by atoms with Gasteiger partial charge in [0.15, 0.2) is 0 Å². The number of carbonyl (C=O) groups is 2. The molecule has 2 aromatic carbocycles. The zero-order valence-corrected chi connectivity index (χ0v) is 16.1. The number of carbonyl (C=O) groups excluding carboxylic acids is 2. The van der Waals surface area contributed by atoms with E-state index in [9.17, 15) is 9.59 Å². The molecule has 1 heterocycles. The molecule has 27 heavy (non-hydrogen) atoms. The van der Waals surface area contributed by atoms with Crippen molar-refractivity contribution in [2.45, 2.75) is 38.6 Å². The molecule has 1 aliphatic rings. The van der Waals surface area contributed by atoms with E-state index in [1.807, 2.05) is 60.4 Å². The fraction of sp³-hybridized carbons (Fsp3) is 0.391. The SMILES string of the molecule is CC[C@H](C)NC(=O)[C@@H]1C[C@H](c2ccccc2)CN(C(=O)c2ccccc2)C1. The smallest absolute Gasteiger partial charge is 0.253 e. The van der Waals surface area contributed by atoms with Crippen LogP contribution in [-0.2, 0) is 4.79 Å².